The lowest BCUT2D eigenvalue weighted by Crippen LogP contribution is -2.45. The summed E-state index contributed by atoms with van der Waals surface area (Å²) in [6.07, 6.45) is 0. The normalized spacial score (nSPS) is 20.1. The molecule has 0 aromatic heterocycles. The molecule has 0 unspecified atom stereocenters. The number of likely N-dealkylation sites (N-methyl/N-ethyl adjacent to an activating group) is 1. The Labute approximate surface area is 84.5 Å². The van der Waals surface area contributed by atoms with E-state index < -0.39 is 0 Å². The minimum atomic E-state index is 0.866. The van der Waals surface area contributed by atoms with Gasteiger partial charge in [-0.25, -0.2) is 4.99 Å². The highest BCUT2D eigenvalue weighted by molar-refractivity contribution is 5.87. The van der Waals surface area contributed by atoms with E-state index in [0.29, 0.717) is 0 Å². The van der Waals surface area contributed by atoms with Crippen LogP contribution >= 0.6 is 0 Å². The highest BCUT2D eigenvalue weighted by Gasteiger charge is 2.10. The molecule has 1 heterocycles. The molecule has 2 rings (SSSR count). The summed E-state index contributed by atoms with van der Waals surface area (Å²) in [5, 5.41) is 3.31. The van der Waals surface area contributed by atoms with Crippen LogP contribution in [0.25, 0.3) is 0 Å². The monoisotopic (exact) mass is 189 g/mol. The van der Waals surface area contributed by atoms with Crippen LogP contribution in [0.1, 0.15) is 0 Å². The van der Waals surface area contributed by atoms with Gasteiger partial charge in [-0.1, -0.05) is 18.2 Å². The molecular formula is C11H15N3. The van der Waals surface area contributed by atoms with E-state index in [4.69, 9.17) is 0 Å². The fraction of sp³-hybridized carbons (Fsp3) is 0.364. The van der Waals surface area contributed by atoms with Crippen molar-refractivity contribution in [3.63, 3.8) is 0 Å². The van der Waals surface area contributed by atoms with E-state index in [9.17, 15) is 0 Å². The summed E-state index contributed by atoms with van der Waals surface area (Å²) < 4.78 is 0. The first-order valence-corrected chi connectivity index (χ1v) is 4.91. The largest absolute Gasteiger partial charge is 0.361 e. The second kappa shape index (κ2) is 4.24. The zero-order valence-corrected chi connectivity index (χ0v) is 8.40. The van der Waals surface area contributed by atoms with E-state index in [2.05, 4.69) is 22.3 Å². The van der Waals surface area contributed by atoms with E-state index in [0.717, 1.165) is 31.2 Å². The van der Waals surface area contributed by atoms with E-state index in [1.807, 2.05) is 30.3 Å². The van der Waals surface area contributed by atoms with Crippen molar-refractivity contribution >= 4 is 11.5 Å². The highest BCUT2D eigenvalue weighted by atomic mass is 15.2. The molecule has 1 N–H and O–H groups in total. The molecule has 0 aliphatic carbocycles. The molecule has 0 atom stereocenters. The van der Waals surface area contributed by atoms with Gasteiger partial charge in [0.15, 0.2) is 0 Å². The van der Waals surface area contributed by atoms with E-state index in [1.54, 1.807) is 0 Å². The summed E-state index contributed by atoms with van der Waals surface area (Å²) in [4.78, 5) is 6.78. The molecule has 14 heavy (non-hydrogen) atoms. The molecule has 1 aliphatic heterocycles. The van der Waals surface area contributed by atoms with Crippen LogP contribution < -0.4 is 5.32 Å². The third-order valence-electron chi connectivity index (χ3n) is 2.36. The molecule has 0 amide bonds. The van der Waals surface area contributed by atoms with Crippen molar-refractivity contribution in [3.8, 4) is 0 Å². The molecule has 0 saturated carbocycles. The average molecular weight is 189 g/mol. The number of nitrogens with zero attached hydrogens (tertiary/aromatic N) is 2. The van der Waals surface area contributed by atoms with E-state index in [-0.39, 0.29) is 0 Å². The summed E-state index contributed by atoms with van der Waals surface area (Å²) in [7, 11) is 2.09. The highest BCUT2D eigenvalue weighted by Crippen LogP contribution is 2.11. The number of rotatable bonds is 1. The molecule has 3 heteroatoms. The predicted octanol–water partition coefficient (Wildman–Crippen LogP) is 1.25. The van der Waals surface area contributed by atoms with Gasteiger partial charge >= 0.3 is 0 Å². The zero-order chi connectivity index (χ0) is 9.80. The topological polar surface area (TPSA) is 27.6 Å². The lowest BCUT2D eigenvalue weighted by atomic mass is 10.3. The molecule has 3 nitrogen and oxygen atoms in total. The minimum absolute atomic E-state index is 0.866. The Morgan fingerprint density at radius 1 is 1.29 bits per heavy atom. The summed E-state index contributed by atoms with van der Waals surface area (Å²) in [6.45, 7) is 2.95. The summed E-state index contributed by atoms with van der Waals surface area (Å²) in [5.74, 6) is 1.11. The van der Waals surface area contributed by atoms with Crippen LogP contribution in [0.15, 0.2) is 35.3 Å². The van der Waals surface area contributed by atoms with Gasteiger partial charge in [-0.15, -0.1) is 0 Å². The molecule has 1 aromatic carbocycles. The molecular weight excluding hydrogens is 174 g/mol. The van der Waals surface area contributed by atoms with Gasteiger partial charge in [0.05, 0.1) is 12.2 Å². The third-order valence-corrected chi connectivity index (χ3v) is 2.36. The van der Waals surface area contributed by atoms with Gasteiger partial charge < -0.3 is 10.2 Å². The smallest absolute Gasteiger partial charge is 0.119 e. The van der Waals surface area contributed by atoms with Gasteiger partial charge in [0.1, 0.15) is 5.84 Å². The lowest BCUT2D eigenvalue weighted by Gasteiger charge is -2.26. The molecule has 1 aliphatic rings. The fourth-order valence-corrected chi connectivity index (χ4v) is 1.49. The van der Waals surface area contributed by atoms with Gasteiger partial charge in [-0.3, -0.25) is 0 Å². The molecule has 1 saturated heterocycles. The van der Waals surface area contributed by atoms with Crippen molar-refractivity contribution in [2.45, 2.75) is 0 Å². The van der Waals surface area contributed by atoms with Crippen molar-refractivity contribution in [3.05, 3.63) is 30.3 Å². The molecule has 0 radical (unpaired) electrons. The number of piperazine rings is 1. The zero-order valence-electron chi connectivity index (χ0n) is 8.40. The van der Waals surface area contributed by atoms with Crippen LogP contribution in [0.4, 0.5) is 5.69 Å². The van der Waals surface area contributed by atoms with Crippen LogP contribution in [0.5, 0.6) is 0 Å². The van der Waals surface area contributed by atoms with Crippen LogP contribution in [0, 0.1) is 0 Å². The van der Waals surface area contributed by atoms with Crippen LogP contribution in [-0.4, -0.2) is 37.4 Å². The summed E-state index contributed by atoms with van der Waals surface area (Å²) >= 11 is 0. The van der Waals surface area contributed by atoms with E-state index in [1.165, 1.54) is 0 Å². The first kappa shape index (κ1) is 9.21. The fourth-order valence-electron chi connectivity index (χ4n) is 1.49. The Morgan fingerprint density at radius 3 is 2.79 bits per heavy atom. The Kier molecular flexibility index (Phi) is 2.79. The van der Waals surface area contributed by atoms with Gasteiger partial charge in [-0.05, 0) is 12.1 Å². The number of nitrogens with one attached hydrogen (secondary N) is 1. The number of para-hydroxylation sites is 1. The lowest BCUT2D eigenvalue weighted by molar-refractivity contribution is 0.446. The maximum atomic E-state index is 4.58. The standard InChI is InChI=1S/C11H15N3/c1-14-8-7-12-9-11(14)13-10-5-3-2-4-6-10/h2-6,12H,7-9H2,1H3. The maximum absolute atomic E-state index is 4.58. The maximum Gasteiger partial charge on any atom is 0.119 e. The van der Waals surface area contributed by atoms with Crippen molar-refractivity contribution in [2.24, 2.45) is 4.99 Å². The Balaban J connectivity index is 2.17. The number of aliphatic imine (C=N–C) groups is 1. The van der Waals surface area contributed by atoms with Crippen molar-refractivity contribution in [1.82, 2.24) is 10.2 Å². The van der Waals surface area contributed by atoms with Gasteiger partial charge in [-0.2, -0.15) is 0 Å². The molecule has 0 bridgehead atoms. The molecule has 1 fully saturated rings. The Bertz CT molecular complexity index is 319. The quantitative estimate of drug-likeness (QED) is 0.720. The van der Waals surface area contributed by atoms with Gasteiger partial charge in [0.2, 0.25) is 0 Å². The first-order chi connectivity index (χ1) is 6.86. The average Bonchev–Trinajstić information content (AvgIpc) is 2.23. The minimum Gasteiger partial charge on any atom is -0.361 e. The first-order valence-electron chi connectivity index (χ1n) is 4.91. The molecule has 74 valence electrons. The van der Waals surface area contributed by atoms with Gasteiger partial charge in [0, 0.05) is 20.1 Å². The number of benzene rings is 1. The Morgan fingerprint density at radius 2 is 2.07 bits per heavy atom. The predicted molar refractivity (Wildman–Crippen MR) is 59.0 cm³/mol. The number of amidine groups is 1. The molecule has 1 aromatic rings. The van der Waals surface area contributed by atoms with Crippen LogP contribution in [0.2, 0.25) is 0 Å². The van der Waals surface area contributed by atoms with Crippen LogP contribution in [-0.2, 0) is 0 Å². The second-order valence-electron chi connectivity index (χ2n) is 3.46. The summed E-state index contributed by atoms with van der Waals surface area (Å²) in [6, 6.07) is 10.1. The van der Waals surface area contributed by atoms with Crippen LogP contribution in [0.3, 0.4) is 0 Å². The third kappa shape index (κ3) is 2.12. The van der Waals surface area contributed by atoms with Gasteiger partial charge in [0.25, 0.3) is 0 Å². The SMILES string of the molecule is CN1CCNCC1=Nc1ccccc1. The van der Waals surface area contributed by atoms with Crippen molar-refractivity contribution in [2.75, 3.05) is 26.7 Å². The Hall–Kier alpha value is -1.35. The van der Waals surface area contributed by atoms with Crippen molar-refractivity contribution in [1.29, 1.82) is 0 Å². The van der Waals surface area contributed by atoms with E-state index >= 15 is 0 Å². The number of hydrogen-bond acceptors (Lipinski definition) is 2. The van der Waals surface area contributed by atoms with Crippen molar-refractivity contribution < 1.29 is 0 Å². The summed E-state index contributed by atoms with van der Waals surface area (Å²) in [5.41, 5.74) is 1.03. The molecule has 0 spiro atoms. The second-order valence-corrected chi connectivity index (χ2v) is 3.46. The number of hydrogen-bond donors (Lipinski definition) is 1.